The summed E-state index contributed by atoms with van der Waals surface area (Å²) in [7, 11) is -9.39. The molecular formula is C8H14Cl2CuN4O8. The van der Waals surface area contributed by atoms with E-state index in [9.17, 15) is 0 Å². The van der Waals surface area contributed by atoms with E-state index in [1.165, 1.54) is 27.7 Å². The molecule has 0 heterocycles. The Hall–Kier alpha value is -1.26. The molecule has 0 amide bonds. The van der Waals surface area contributed by atoms with Crippen molar-refractivity contribution >= 4 is 0 Å². The molecule has 0 rings (SSSR count). The average Bonchev–Trinajstić information content (AvgIpc) is 2.15. The van der Waals surface area contributed by atoms with Gasteiger partial charge < -0.3 is 0 Å². The van der Waals surface area contributed by atoms with Crippen LogP contribution in [0.2, 0.25) is 0 Å². The second kappa shape index (κ2) is 37.2. The minimum Gasteiger partial charge on any atom is -0.199 e. The van der Waals surface area contributed by atoms with Crippen molar-refractivity contribution in [3.63, 3.8) is 0 Å². The van der Waals surface area contributed by atoms with Crippen LogP contribution in [0.25, 0.3) is 0 Å². The van der Waals surface area contributed by atoms with Crippen LogP contribution in [-0.2, 0) is 17.1 Å². The topological polar surface area (TPSA) is 274 Å². The fourth-order valence-electron chi connectivity index (χ4n) is 0. The molecule has 0 spiro atoms. The van der Waals surface area contributed by atoms with Gasteiger partial charge in [-0.1, -0.05) is 0 Å². The van der Waals surface area contributed by atoms with Gasteiger partial charge in [0.15, 0.2) is 0 Å². The molecule has 1 radical (unpaired) electrons. The van der Waals surface area contributed by atoms with Gasteiger partial charge in [-0.2, -0.15) is 49.0 Å². The number of halogens is 2. The van der Waals surface area contributed by atoms with Crippen LogP contribution in [0, 0.1) is 65.8 Å². The summed E-state index contributed by atoms with van der Waals surface area (Å²) in [5.74, 6) is 0. The second-order valence-corrected chi connectivity index (χ2v) is 3.27. The first-order valence-corrected chi connectivity index (χ1v) is 6.69. The molecule has 0 aliphatic rings. The molecule has 2 N–H and O–H groups in total. The summed E-state index contributed by atoms with van der Waals surface area (Å²) >= 11 is 0. The van der Waals surface area contributed by atoms with Gasteiger partial charge in [0.05, 0.1) is 54.1 Å². The summed E-state index contributed by atoms with van der Waals surface area (Å²) in [6.45, 7) is 5.72. The number of rotatable bonds is 0. The van der Waals surface area contributed by atoms with E-state index in [-0.39, 0.29) is 17.1 Å². The Bertz CT molecular complexity index is 289. The van der Waals surface area contributed by atoms with Crippen LogP contribution in [0.15, 0.2) is 0 Å². The molecule has 0 saturated carbocycles. The molecule has 15 heteroatoms. The average molecular weight is 429 g/mol. The third-order valence-electron chi connectivity index (χ3n) is 0. The molecule has 0 fully saturated rings. The number of hydrogen-bond donors (Lipinski definition) is 2. The summed E-state index contributed by atoms with van der Waals surface area (Å²) in [4.78, 5) is 0. The van der Waals surface area contributed by atoms with Gasteiger partial charge in [-0.05, 0) is 0 Å². The van der Waals surface area contributed by atoms with Gasteiger partial charge in [0.25, 0.3) is 0 Å². The van der Waals surface area contributed by atoms with E-state index in [1.54, 1.807) is 24.3 Å². The van der Waals surface area contributed by atoms with Crippen LogP contribution in [0.4, 0.5) is 0 Å². The fraction of sp³-hybridized carbons (Fsp3) is 0.500. The van der Waals surface area contributed by atoms with E-state index in [4.69, 9.17) is 58.3 Å². The number of hydrogen-bond acceptors (Lipinski definition) is 12. The van der Waals surface area contributed by atoms with Gasteiger partial charge in [-0.3, -0.25) is 0 Å². The molecule has 0 bridgehead atoms. The predicted molar refractivity (Wildman–Crippen MR) is 49.6 cm³/mol. The Kier molecular flexibility index (Phi) is 69.6. The van der Waals surface area contributed by atoms with Gasteiger partial charge in [0.1, 0.15) is 0 Å². The van der Waals surface area contributed by atoms with E-state index in [0.29, 0.717) is 0 Å². The molecule has 12 nitrogen and oxygen atoms in total. The Morgan fingerprint density at radius 2 is 0.565 bits per heavy atom. The van der Waals surface area contributed by atoms with Crippen LogP contribution in [0.5, 0.6) is 0 Å². The van der Waals surface area contributed by atoms with Crippen molar-refractivity contribution in [3.05, 3.63) is 0 Å². The van der Waals surface area contributed by atoms with Crippen LogP contribution in [-0.4, -0.2) is 9.32 Å². The molecule has 23 heavy (non-hydrogen) atoms. The van der Waals surface area contributed by atoms with E-state index >= 15 is 0 Å². The summed E-state index contributed by atoms with van der Waals surface area (Å²) in [5.41, 5.74) is 0. The van der Waals surface area contributed by atoms with E-state index < -0.39 is 20.5 Å². The summed E-state index contributed by atoms with van der Waals surface area (Å²) < 4.78 is 65.4. The molecule has 0 unspecified atom stereocenters. The van der Waals surface area contributed by atoms with Crippen molar-refractivity contribution in [1.29, 1.82) is 21.0 Å². The van der Waals surface area contributed by atoms with Gasteiger partial charge >= 0.3 is 0 Å². The molecule has 0 atom stereocenters. The summed E-state index contributed by atoms with van der Waals surface area (Å²) in [6.07, 6.45) is 0. The largest absolute Gasteiger partial charge is 0.199 e. The van der Waals surface area contributed by atoms with Gasteiger partial charge in [-0.15, -0.1) is 0 Å². The predicted octanol–water partition coefficient (Wildman–Crippen LogP) is -6.13. The maximum atomic E-state index is 8.60. The standard InChI is InChI=1S/4C2H3N.2ClHO4.Cu/c4*1-2-3;2*2-1(3,4)5;/h4*1H3;2*(H,2,3,4,5);. The minimum absolute atomic E-state index is 0. The molecular weight excluding hydrogens is 415 g/mol. The Labute approximate surface area is 148 Å². The zero-order valence-electron chi connectivity index (χ0n) is 12.2. The molecule has 0 aromatic carbocycles. The Morgan fingerprint density at radius 3 is 0.565 bits per heavy atom. The molecule has 0 aliphatic carbocycles. The van der Waals surface area contributed by atoms with Crippen LogP contribution >= 0.6 is 0 Å². The van der Waals surface area contributed by atoms with Crippen molar-refractivity contribution < 1.29 is 74.8 Å². The van der Waals surface area contributed by atoms with Gasteiger partial charge in [0, 0.05) is 44.8 Å². The molecule has 0 aliphatic heterocycles. The Balaban J connectivity index is -0.0000000270. The van der Waals surface area contributed by atoms with E-state index in [1.807, 2.05) is 0 Å². The quantitative estimate of drug-likeness (QED) is 0.341. The zero-order chi connectivity index (χ0) is 19.8. The minimum atomic E-state index is -4.69. The third kappa shape index (κ3) is 4580. The second-order valence-electron chi connectivity index (χ2n) is 1.69. The van der Waals surface area contributed by atoms with Crippen LogP contribution < -0.4 is 28.0 Å². The summed E-state index contributed by atoms with van der Waals surface area (Å²) in [6, 6.07) is 7.00. The normalized spacial score (nSPS) is 6.61. The first-order chi connectivity index (χ1) is 9.66. The summed E-state index contributed by atoms with van der Waals surface area (Å²) in [5, 5.41) is 29.3. The molecule has 0 saturated heterocycles. The third-order valence-corrected chi connectivity index (χ3v) is 0. The van der Waals surface area contributed by atoms with Crippen molar-refractivity contribution in [1.82, 2.24) is 0 Å². The zero-order valence-corrected chi connectivity index (χ0v) is 14.6. The van der Waals surface area contributed by atoms with Crippen molar-refractivity contribution in [2.75, 3.05) is 0 Å². The van der Waals surface area contributed by atoms with Gasteiger partial charge in [-0.25, -0.2) is 0 Å². The SMILES string of the molecule is CC#N.CC#N.CC#N.CC#N.[Cu].[O-][Cl+3]([O-])([O-])O.[O-][Cl+3]([O-])([O-])O. The smallest absolute Gasteiger partial charge is 0.0777 e. The monoisotopic (exact) mass is 427 g/mol. The van der Waals surface area contributed by atoms with Crippen molar-refractivity contribution in [2.24, 2.45) is 0 Å². The first-order valence-electron chi connectivity index (χ1n) is 4.16. The maximum absolute atomic E-state index is 8.60. The maximum Gasteiger partial charge on any atom is 0.0777 e. The Morgan fingerprint density at radius 1 is 0.565 bits per heavy atom. The molecule has 0 aromatic rings. The number of nitriles is 4. The van der Waals surface area contributed by atoms with E-state index in [0.717, 1.165) is 0 Å². The molecule has 139 valence electrons. The van der Waals surface area contributed by atoms with Gasteiger partial charge in [0.2, 0.25) is 0 Å². The van der Waals surface area contributed by atoms with Crippen molar-refractivity contribution in [3.8, 4) is 24.3 Å². The van der Waals surface area contributed by atoms with Crippen LogP contribution in [0.1, 0.15) is 27.7 Å². The van der Waals surface area contributed by atoms with Crippen LogP contribution in [0.3, 0.4) is 0 Å². The number of nitrogens with zero attached hydrogens (tertiary/aromatic N) is 4. The van der Waals surface area contributed by atoms with E-state index in [2.05, 4.69) is 0 Å². The van der Waals surface area contributed by atoms with Crippen molar-refractivity contribution in [2.45, 2.75) is 27.7 Å². The first kappa shape index (κ1) is 43.0. The fourth-order valence-corrected chi connectivity index (χ4v) is 0. The molecule has 0 aromatic heterocycles.